The summed E-state index contributed by atoms with van der Waals surface area (Å²) in [4.78, 5) is 4.42. The number of aliphatic hydroxyl groups excluding tert-OH is 1. The summed E-state index contributed by atoms with van der Waals surface area (Å²) in [5.41, 5.74) is 18.0. The summed E-state index contributed by atoms with van der Waals surface area (Å²) in [6.07, 6.45) is 4.06. The molecule has 0 amide bonds. The molecule has 242 valence electrons. The minimum atomic E-state index is -4.77. The van der Waals surface area contributed by atoms with Crippen LogP contribution in [0.5, 0.6) is 11.5 Å². The molecule has 6 N–H and O–H groups in total. The topological polar surface area (TPSA) is 171 Å². The Kier molecular flexibility index (Phi) is 9.56. The number of guanidine groups is 1. The van der Waals surface area contributed by atoms with E-state index < -0.39 is 33.6 Å². The SMILES string of the molecule is C[C@@H]1CCc2cc3ccc2[C@@H]1C[C@@H](S(=O)(=O)[O-])[C@@H]1C=C([C@@H](O)c2ccc(O)cc2)C[C@H]2CCc4cc(ccc4[C@H]21)[C@@H](N=C(N)N)O3.[Na+]. The van der Waals surface area contributed by atoms with Crippen LogP contribution in [0, 0.1) is 17.8 Å². The molecular formula is C36H40N3NaO6S. The number of nitrogens with two attached hydrogens (primary N) is 2. The summed E-state index contributed by atoms with van der Waals surface area (Å²) in [6.45, 7) is 2.13. The van der Waals surface area contributed by atoms with Gasteiger partial charge in [-0.05, 0) is 132 Å². The Balaban J connectivity index is 0.00000386. The number of hydrogen-bond acceptors (Lipinski definition) is 7. The molecule has 0 unspecified atom stereocenters. The Morgan fingerprint density at radius 1 is 1.00 bits per heavy atom. The molecule has 8 atom stereocenters. The van der Waals surface area contributed by atoms with Crippen LogP contribution in [0.15, 0.2) is 77.3 Å². The fraction of sp³-hybridized carbons (Fsp3) is 0.417. The van der Waals surface area contributed by atoms with Crippen LogP contribution in [0.1, 0.15) is 90.2 Å². The smallest absolute Gasteiger partial charge is 0.748 e. The van der Waals surface area contributed by atoms with Gasteiger partial charge in [-0.25, -0.2) is 13.4 Å². The van der Waals surface area contributed by atoms with Crippen molar-refractivity contribution in [2.45, 2.75) is 74.9 Å². The second-order valence-corrected chi connectivity index (χ2v) is 15.2. The first-order chi connectivity index (χ1) is 22.0. The van der Waals surface area contributed by atoms with Crippen molar-refractivity contribution in [3.05, 3.63) is 106 Å². The minimum absolute atomic E-state index is 0. The maximum atomic E-state index is 13.4. The summed E-state index contributed by atoms with van der Waals surface area (Å²) in [6, 6.07) is 18.3. The predicted molar refractivity (Wildman–Crippen MR) is 174 cm³/mol. The number of aliphatic imine (C=N–C) groups is 1. The number of nitrogens with zero attached hydrogens (tertiary/aromatic N) is 1. The fourth-order valence-electron chi connectivity index (χ4n) is 8.61. The van der Waals surface area contributed by atoms with Gasteiger partial charge in [0.05, 0.1) is 15.4 Å². The number of phenolic OH excluding ortho intramolecular Hbond substituents is 1. The number of ether oxygens (including phenoxy) is 1. The van der Waals surface area contributed by atoms with E-state index >= 15 is 0 Å². The van der Waals surface area contributed by atoms with E-state index in [4.69, 9.17) is 16.2 Å². The molecule has 47 heavy (non-hydrogen) atoms. The van der Waals surface area contributed by atoms with E-state index in [9.17, 15) is 23.2 Å². The zero-order valence-corrected chi connectivity index (χ0v) is 29.6. The van der Waals surface area contributed by atoms with Crippen molar-refractivity contribution in [2.24, 2.45) is 34.2 Å². The molecule has 8 bridgehead atoms. The molecule has 0 saturated heterocycles. The van der Waals surface area contributed by atoms with Crippen LogP contribution >= 0.6 is 0 Å². The van der Waals surface area contributed by atoms with Crippen LogP contribution in [-0.2, 0) is 23.0 Å². The van der Waals surface area contributed by atoms with Gasteiger partial charge in [-0.3, -0.25) is 0 Å². The predicted octanol–water partition coefficient (Wildman–Crippen LogP) is 2.06. The standard InChI is InChI=1S/C36H41N3O6S.Na/c1-19-2-3-22-16-27-11-13-28(22)30(19)18-32(46(42,43)44)31-17-25(34(41)20-6-9-26(40)10-7-20)15-23-5-4-21-14-24(8-12-29(21)33(23)31)35(45-27)39-36(37)38;/h6-14,16-17,19,23,30-35,40-41H,2-5,15,18H2,1H3,(H4,37,38,39)(H,42,43,44);/q;+1/p-1/t19-,23-,30-,31+,32-,33+,34+,35+;/m1./s1. The first-order valence-corrected chi connectivity index (χ1v) is 17.6. The number of phenols is 1. The summed E-state index contributed by atoms with van der Waals surface area (Å²) in [5.74, 6) is -0.195. The summed E-state index contributed by atoms with van der Waals surface area (Å²) >= 11 is 0. The number of aliphatic hydroxyl groups is 1. The normalized spacial score (nSPS) is 28.5. The second-order valence-electron chi connectivity index (χ2n) is 13.6. The van der Waals surface area contributed by atoms with E-state index in [1.54, 1.807) is 12.1 Å². The van der Waals surface area contributed by atoms with Crippen molar-refractivity contribution < 1.29 is 57.5 Å². The number of hydrogen-bond donors (Lipinski definition) is 4. The molecule has 0 saturated carbocycles. The maximum Gasteiger partial charge on any atom is 1.00 e. The van der Waals surface area contributed by atoms with Crippen LogP contribution in [0.4, 0.5) is 0 Å². The molecule has 3 aliphatic carbocycles. The van der Waals surface area contributed by atoms with E-state index in [0.717, 1.165) is 53.5 Å². The minimum Gasteiger partial charge on any atom is -0.748 e. The van der Waals surface area contributed by atoms with Gasteiger partial charge in [-0.15, -0.1) is 0 Å². The third-order valence-corrected chi connectivity index (χ3v) is 12.1. The molecule has 3 aromatic carbocycles. The molecule has 7 aliphatic rings. The van der Waals surface area contributed by atoms with Crippen molar-refractivity contribution in [3.63, 3.8) is 0 Å². The first kappa shape index (κ1) is 34.0. The van der Waals surface area contributed by atoms with Gasteiger partial charge in [0, 0.05) is 5.56 Å². The van der Waals surface area contributed by atoms with Crippen LogP contribution in [0.2, 0.25) is 0 Å². The van der Waals surface area contributed by atoms with Crippen LogP contribution < -0.4 is 45.8 Å². The zero-order valence-electron chi connectivity index (χ0n) is 26.7. The Labute approximate surface area is 298 Å². The third-order valence-electron chi connectivity index (χ3n) is 10.9. The van der Waals surface area contributed by atoms with Gasteiger partial charge in [-0.2, -0.15) is 0 Å². The van der Waals surface area contributed by atoms with Gasteiger partial charge in [0.2, 0.25) is 6.23 Å². The number of aryl methyl sites for hydroxylation is 2. The number of rotatable bonds is 4. The summed E-state index contributed by atoms with van der Waals surface area (Å²) < 4.78 is 46.7. The van der Waals surface area contributed by atoms with Gasteiger partial charge >= 0.3 is 29.6 Å². The van der Waals surface area contributed by atoms with Crippen molar-refractivity contribution in [2.75, 3.05) is 0 Å². The zero-order chi connectivity index (χ0) is 32.3. The Hall–Kier alpha value is -2.86. The number of benzene rings is 3. The van der Waals surface area contributed by atoms with E-state index in [-0.39, 0.29) is 71.4 Å². The molecule has 9 nitrogen and oxygen atoms in total. The van der Waals surface area contributed by atoms with Gasteiger partial charge in [0.1, 0.15) is 17.6 Å². The monoisotopic (exact) mass is 665 g/mol. The van der Waals surface area contributed by atoms with Crippen LogP contribution in [0.3, 0.4) is 0 Å². The van der Waals surface area contributed by atoms with Gasteiger partial charge in [0.25, 0.3) is 0 Å². The van der Waals surface area contributed by atoms with E-state index in [0.29, 0.717) is 23.3 Å². The molecule has 0 radical (unpaired) electrons. The molecule has 11 heteroatoms. The average Bonchev–Trinajstić information content (AvgIpc) is 3.02. The molecule has 0 spiro atoms. The van der Waals surface area contributed by atoms with Gasteiger partial charge in [-0.1, -0.05) is 43.3 Å². The molecule has 4 aliphatic heterocycles. The van der Waals surface area contributed by atoms with E-state index in [1.807, 2.05) is 42.5 Å². The maximum absolute atomic E-state index is 13.4. The molecule has 0 fully saturated rings. The Bertz CT molecular complexity index is 1820. The van der Waals surface area contributed by atoms with Crippen molar-refractivity contribution >= 4 is 16.1 Å². The largest absolute Gasteiger partial charge is 1.00 e. The fourth-order valence-corrected chi connectivity index (χ4v) is 9.69. The Morgan fingerprint density at radius 2 is 1.70 bits per heavy atom. The molecular weight excluding hydrogens is 625 g/mol. The number of allylic oxidation sites excluding steroid dienone is 1. The van der Waals surface area contributed by atoms with E-state index in [2.05, 4.69) is 11.9 Å². The molecule has 10 rings (SSSR count). The van der Waals surface area contributed by atoms with Crippen molar-refractivity contribution in [1.82, 2.24) is 0 Å². The third kappa shape index (κ3) is 6.60. The molecule has 3 aromatic rings. The first-order valence-electron chi connectivity index (χ1n) is 16.1. The van der Waals surface area contributed by atoms with Crippen LogP contribution in [0.25, 0.3) is 0 Å². The summed E-state index contributed by atoms with van der Waals surface area (Å²) in [7, 11) is -4.77. The van der Waals surface area contributed by atoms with Crippen LogP contribution in [-0.4, -0.2) is 34.4 Å². The quantitative estimate of drug-likeness (QED) is 0.108. The van der Waals surface area contributed by atoms with Crippen molar-refractivity contribution in [1.29, 1.82) is 0 Å². The van der Waals surface area contributed by atoms with Gasteiger partial charge < -0.3 is 31.0 Å². The van der Waals surface area contributed by atoms with E-state index in [1.165, 1.54) is 12.1 Å². The van der Waals surface area contributed by atoms with Gasteiger partial charge in [0.15, 0.2) is 5.96 Å². The summed E-state index contributed by atoms with van der Waals surface area (Å²) in [5, 5.41) is 20.2. The van der Waals surface area contributed by atoms with Crippen molar-refractivity contribution in [3.8, 4) is 11.5 Å². The molecule has 4 heterocycles. The second kappa shape index (κ2) is 13.2. The molecule has 0 aromatic heterocycles. The Morgan fingerprint density at radius 3 is 2.43 bits per heavy atom. The average molecular weight is 666 g/mol. The number of aromatic hydroxyl groups is 1.